The number of halogens is 2. The largest absolute Gasteiger partial charge is 0.369 e. The number of hydrogen-bond acceptors (Lipinski definition) is 2. The maximum Gasteiger partial charge on any atom is 0.144 e. The first-order chi connectivity index (χ1) is 6.75. The molecule has 0 saturated heterocycles. The van der Waals surface area contributed by atoms with Crippen molar-refractivity contribution in [1.29, 1.82) is 0 Å². The van der Waals surface area contributed by atoms with Crippen LogP contribution in [0.15, 0.2) is 16.7 Å². The summed E-state index contributed by atoms with van der Waals surface area (Å²) >= 11 is 9.35. The molecule has 0 atom stereocenters. The van der Waals surface area contributed by atoms with Crippen LogP contribution in [0.2, 0.25) is 5.02 Å². The van der Waals surface area contributed by atoms with Crippen LogP contribution in [0.25, 0.3) is 0 Å². The zero-order valence-corrected chi connectivity index (χ0v) is 10.1. The Morgan fingerprint density at radius 2 is 2.36 bits per heavy atom. The molecule has 1 heterocycles. The molecule has 14 heavy (non-hydrogen) atoms. The maximum absolute atomic E-state index is 6.02. The molecule has 1 aromatic heterocycles. The number of nitrogens with zero attached hydrogens (tertiary/aromatic N) is 1. The third kappa shape index (κ3) is 2.39. The van der Waals surface area contributed by atoms with Gasteiger partial charge < -0.3 is 5.32 Å². The van der Waals surface area contributed by atoms with Crippen LogP contribution in [-0.4, -0.2) is 11.5 Å². The van der Waals surface area contributed by atoms with E-state index in [1.807, 2.05) is 6.07 Å². The van der Waals surface area contributed by atoms with Gasteiger partial charge in [-0.3, -0.25) is 0 Å². The molecule has 1 aliphatic rings. The SMILES string of the molecule is Clc1cc(Br)cnc1NCC1CCC1. The van der Waals surface area contributed by atoms with Crippen molar-refractivity contribution >= 4 is 33.3 Å². The lowest BCUT2D eigenvalue weighted by atomic mass is 9.85. The molecular weight excluding hydrogens is 263 g/mol. The number of hydrogen-bond donors (Lipinski definition) is 1. The molecule has 0 aromatic carbocycles. The Hall–Kier alpha value is -0.280. The summed E-state index contributed by atoms with van der Waals surface area (Å²) < 4.78 is 0.914. The van der Waals surface area contributed by atoms with E-state index in [9.17, 15) is 0 Å². The molecule has 2 nitrogen and oxygen atoms in total. The summed E-state index contributed by atoms with van der Waals surface area (Å²) in [6, 6.07) is 1.86. The lowest BCUT2D eigenvalue weighted by Gasteiger charge is -2.25. The number of aromatic nitrogens is 1. The van der Waals surface area contributed by atoms with Gasteiger partial charge in [-0.2, -0.15) is 0 Å². The molecule has 0 unspecified atom stereocenters. The average Bonchev–Trinajstić information content (AvgIpc) is 2.05. The summed E-state index contributed by atoms with van der Waals surface area (Å²) in [4.78, 5) is 4.22. The Balaban J connectivity index is 1.94. The average molecular weight is 276 g/mol. The fraction of sp³-hybridized carbons (Fsp3) is 0.500. The van der Waals surface area contributed by atoms with Crippen molar-refractivity contribution < 1.29 is 0 Å². The highest BCUT2D eigenvalue weighted by Crippen LogP contribution is 2.28. The number of anilines is 1. The van der Waals surface area contributed by atoms with E-state index < -0.39 is 0 Å². The molecule has 2 rings (SSSR count). The zero-order valence-electron chi connectivity index (χ0n) is 7.76. The quantitative estimate of drug-likeness (QED) is 0.909. The summed E-state index contributed by atoms with van der Waals surface area (Å²) in [7, 11) is 0. The fourth-order valence-corrected chi connectivity index (χ4v) is 2.18. The van der Waals surface area contributed by atoms with Gasteiger partial charge >= 0.3 is 0 Å². The third-order valence-corrected chi connectivity index (χ3v) is 3.31. The molecular formula is C10H12BrClN2. The minimum Gasteiger partial charge on any atom is -0.369 e. The van der Waals surface area contributed by atoms with Gasteiger partial charge in [0.1, 0.15) is 5.82 Å². The molecule has 0 aliphatic heterocycles. The van der Waals surface area contributed by atoms with Crippen LogP contribution in [0, 0.1) is 5.92 Å². The predicted molar refractivity (Wildman–Crippen MR) is 62.8 cm³/mol. The van der Waals surface area contributed by atoms with E-state index in [0.29, 0.717) is 5.02 Å². The molecule has 4 heteroatoms. The first-order valence-electron chi connectivity index (χ1n) is 4.80. The van der Waals surface area contributed by atoms with E-state index in [1.165, 1.54) is 19.3 Å². The smallest absolute Gasteiger partial charge is 0.144 e. The van der Waals surface area contributed by atoms with Crippen molar-refractivity contribution in [2.24, 2.45) is 5.92 Å². The molecule has 0 radical (unpaired) electrons. The second-order valence-corrected chi connectivity index (χ2v) is 4.98. The van der Waals surface area contributed by atoms with Gasteiger partial charge in [-0.05, 0) is 40.8 Å². The zero-order chi connectivity index (χ0) is 9.97. The number of nitrogens with one attached hydrogen (secondary N) is 1. The molecule has 0 amide bonds. The Morgan fingerprint density at radius 1 is 1.57 bits per heavy atom. The Kier molecular flexibility index (Phi) is 3.29. The van der Waals surface area contributed by atoms with Crippen LogP contribution in [0.3, 0.4) is 0 Å². The van der Waals surface area contributed by atoms with Gasteiger partial charge in [0.15, 0.2) is 0 Å². The van der Waals surface area contributed by atoms with E-state index in [2.05, 4.69) is 26.2 Å². The van der Waals surface area contributed by atoms with Crippen LogP contribution in [0.1, 0.15) is 19.3 Å². The highest BCUT2D eigenvalue weighted by atomic mass is 79.9. The lowest BCUT2D eigenvalue weighted by molar-refractivity contribution is 0.333. The third-order valence-electron chi connectivity index (χ3n) is 2.59. The van der Waals surface area contributed by atoms with E-state index in [1.54, 1.807) is 6.20 Å². The van der Waals surface area contributed by atoms with Crippen molar-refractivity contribution in [3.05, 3.63) is 21.8 Å². The van der Waals surface area contributed by atoms with Crippen LogP contribution in [-0.2, 0) is 0 Å². The maximum atomic E-state index is 6.02. The normalized spacial score (nSPS) is 16.4. The highest BCUT2D eigenvalue weighted by molar-refractivity contribution is 9.10. The molecule has 1 fully saturated rings. The number of pyridine rings is 1. The predicted octanol–water partition coefficient (Wildman–Crippen LogP) is 3.71. The lowest BCUT2D eigenvalue weighted by Crippen LogP contribution is -2.21. The summed E-state index contributed by atoms with van der Waals surface area (Å²) in [6.45, 7) is 0.994. The van der Waals surface area contributed by atoms with Crippen LogP contribution in [0.5, 0.6) is 0 Å². The van der Waals surface area contributed by atoms with E-state index >= 15 is 0 Å². The minimum atomic E-state index is 0.679. The highest BCUT2D eigenvalue weighted by Gasteiger charge is 2.17. The van der Waals surface area contributed by atoms with Crippen molar-refractivity contribution in [2.75, 3.05) is 11.9 Å². The van der Waals surface area contributed by atoms with Crippen LogP contribution < -0.4 is 5.32 Å². The standard InChI is InChI=1S/C10H12BrClN2/c11-8-4-9(12)10(14-6-8)13-5-7-2-1-3-7/h4,6-7H,1-3,5H2,(H,13,14). The van der Waals surface area contributed by atoms with Gasteiger partial charge in [0.05, 0.1) is 5.02 Å². The van der Waals surface area contributed by atoms with Crippen molar-refractivity contribution in [3.63, 3.8) is 0 Å². The fourth-order valence-electron chi connectivity index (χ4n) is 1.48. The molecule has 0 bridgehead atoms. The minimum absolute atomic E-state index is 0.679. The van der Waals surface area contributed by atoms with Crippen molar-refractivity contribution in [2.45, 2.75) is 19.3 Å². The van der Waals surface area contributed by atoms with E-state index in [4.69, 9.17) is 11.6 Å². The van der Waals surface area contributed by atoms with E-state index in [0.717, 1.165) is 22.8 Å². The number of rotatable bonds is 3. The topological polar surface area (TPSA) is 24.9 Å². The van der Waals surface area contributed by atoms with Gasteiger partial charge in [0.25, 0.3) is 0 Å². The summed E-state index contributed by atoms with van der Waals surface area (Å²) in [6.07, 6.45) is 5.80. The van der Waals surface area contributed by atoms with Gasteiger partial charge in [-0.1, -0.05) is 18.0 Å². The molecule has 1 N–H and O–H groups in total. The van der Waals surface area contributed by atoms with Gasteiger partial charge in [0, 0.05) is 17.2 Å². The van der Waals surface area contributed by atoms with Crippen molar-refractivity contribution in [3.8, 4) is 0 Å². The molecule has 0 spiro atoms. The molecule has 1 saturated carbocycles. The van der Waals surface area contributed by atoms with Crippen LogP contribution >= 0.6 is 27.5 Å². The Morgan fingerprint density at radius 3 is 2.93 bits per heavy atom. The second-order valence-electron chi connectivity index (χ2n) is 3.66. The monoisotopic (exact) mass is 274 g/mol. The molecule has 76 valence electrons. The molecule has 1 aromatic rings. The molecule has 1 aliphatic carbocycles. The summed E-state index contributed by atoms with van der Waals surface area (Å²) in [5.41, 5.74) is 0. The first-order valence-corrected chi connectivity index (χ1v) is 5.98. The summed E-state index contributed by atoms with van der Waals surface area (Å²) in [5, 5.41) is 3.96. The van der Waals surface area contributed by atoms with Crippen molar-refractivity contribution in [1.82, 2.24) is 4.98 Å². The van der Waals surface area contributed by atoms with Crippen LogP contribution in [0.4, 0.5) is 5.82 Å². The Labute approximate surface area is 97.2 Å². The van der Waals surface area contributed by atoms with Gasteiger partial charge in [-0.15, -0.1) is 0 Å². The second kappa shape index (κ2) is 4.49. The summed E-state index contributed by atoms with van der Waals surface area (Å²) in [5.74, 6) is 1.61. The van der Waals surface area contributed by atoms with Gasteiger partial charge in [-0.25, -0.2) is 4.98 Å². The first kappa shape index (κ1) is 10.2. The van der Waals surface area contributed by atoms with E-state index in [-0.39, 0.29) is 0 Å². The Bertz CT molecular complexity index is 326. The van der Waals surface area contributed by atoms with Gasteiger partial charge in [0.2, 0.25) is 0 Å².